The van der Waals surface area contributed by atoms with Crippen LogP contribution in [0, 0.1) is 0 Å². The molecule has 3 rings (SSSR count). The minimum Gasteiger partial charge on any atom is -0.455 e. The van der Waals surface area contributed by atoms with Crippen LogP contribution in [0.5, 0.6) is 0 Å². The topological polar surface area (TPSA) is 105 Å². The van der Waals surface area contributed by atoms with Gasteiger partial charge in [-0.15, -0.1) is 0 Å². The number of sulfone groups is 1. The number of hydrogen-bond donors (Lipinski definition) is 2. The number of carbonyl (C=O) groups is 2. The van der Waals surface area contributed by atoms with E-state index in [9.17, 15) is 18.0 Å². The lowest BCUT2D eigenvalue weighted by Gasteiger charge is -2.06. The largest absolute Gasteiger partial charge is 0.455 e. The van der Waals surface area contributed by atoms with E-state index in [4.69, 9.17) is 16.0 Å². The summed E-state index contributed by atoms with van der Waals surface area (Å²) in [5, 5.41) is 0.481. The van der Waals surface area contributed by atoms with Crippen molar-refractivity contribution in [2.24, 2.45) is 0 Å². The van der Waals surface area contributed by atoms with Crippen LogP contribution in [0.15, 0.2) is 76.0 Å². The van der Waals surface area contributed by atoms with Gasteiger partial charge in [0, 0.05) is 10.6 Å². The van der Waals surface area contributed by atoms with Gasteiger partial charge < -0.3 is 4.42 Å². The van der Waals surface area contributed by atoms with E-state index in [1.165, 1.54) is 36.4 Å². The molecule has 3 aromatic rings. The maximum Gasteiger partial charge on any atom is 0.305 e. The molecule has 0 aliphatic rings. The zero-order valence-corrected chi connectivity index (χ0v) is 16.0. The second kappa shape index (κ2) is 8.28. The summed E-state index contributed by atoms with van der Waals surface area (Å²) in [6.07, 6.45) is 0. The van der Waals surface area contributed by atoms with Gasteiger partial charge in [-0.2, -0.15) is 0 Å². The minimum atomic E-state index is -3.60. The summed E-state index contributed by atoms with van der Waals surface area (Å²) < 4.78 is 30.0. The lowest BCUT2D eigenvalue weighted by Crippen LogP contribution is -2.41. The molecule has 2 N–H and O–H groups in total. The van der Waals surface area contributed by atoms with Crippen LogP contribution in [0.1, 0.15) is 26.7 Å². The fraction of sp³-hybridized carbons (Fsp3) is 0.0526. The zero-order valence-electron chi connectivity index (χ0n) is 14.4. The summed E-state index contributed by atoms with van der Waals surface area (Å²) in [5.41, 5.74) is 4.75. The molecule has 144 valence electrons. The normalized spacial score (nSPS) is 11.0. The molecule has 0 atom stereocenters. The third-order valence-electron chi connectivity index (χ3n) is 3.72. The Morgan fingerprint density at radius 2 is 1.50 bits per heavy atom. The third-order valence-corrected chi connectivity index (χ3v) is 5.62. The zero-order chi connectivity index (χ0) is 20.1. The number of furan rings is 1. The van der Waals surface area contributed by atoms with Crippen LogP contribution in [-0.2, 0) is 15.6 Å². The molecule has 2 aromatic carbocycles. The quantitative estimate of drug-likeness (QED) is 0.619. The molecule has 0 saturated heterocycles. The highest BCUT2D eigenvalue weighted by molar-refractivity contribution is 7.90. The van der Waals surface area contributed by atoms with Crippen molar-refractivity contribution in [1.82, 2.24) is 10.9 Å². The summed E-state index contributed by atoms with van der Waals surface area (Å²) >= 11 is 5.75. The molecule has 0 fully saturated rings. The molecule has 28 heavy (non-hydrogen) atoms. The van der Waals surface area contributed by atoms with Crippen molar-refractivity contribution in [3.05, 3.63) is 88.8 Å². The highest BCUT2D eigenvalue weighted by Crippen LogP contribution is 2.18. The van der Waals surface area contributed by atoms with Gasteiger partial charge in [0.15, 0.2) is 15.6 Å². The Morgan fingerprint density at radius 3 is 2.18 bits per heavy atom. The minimum absolute atomic E-state index is 0.109. The predicted octanol–water partition coefficient (Wildman–Crippen LogP) is 2.98. The maximum absolute atomic E-state index is 12.3. The number of halogens is 1. The molecule has 2 amide bonds. The van der Waals surface area contributed by atoms with Gasteiger partial charge in [0.05, 0.1) is 4.90 Å². The molecule has 9 heteroatoms. The van der Waals surface area contributed by atoms with Crippen LogP contribution < -0.4 is 10.9 Å². The third kappa shape index (κ3) is 4.79. The smallest absolute Gasteiger partial charge is 0.305 e. The number of nitrogens with one attached hydrogen (secondary N) is 2. The molecular weight excluding hydrogens is 404 g/mol. The molecular formula is C19H15ClN2O5S. The van der Waals surface area contributed by atoms with Gasteiger partial charge in [-0.05, 0) is 48.5 Å². The highest BCUT2D eigenvalue weighted by Gasteiger charge is 2.19. The van der Waals surface area contributed by atoms with E-state index in [0.29, 0.717) is 10.6 Å². The van der Waals surface area contributed by atoms with E-state index >= 15 is 0 Å². The molecule has 0 saturated carbocycles. The van der Waals surface area contributed by atoms with Gasteiger partial charge in [-0.3, -0.25) is 20.4 Å². The van der Waals surface area contributed by atoms with Gasteiger partial charge in [0.1, 0.15) is 11.5 Å². The standard InChI is InChI=1S/C19H15ClN2O5S/c20-14-8-6-13(7-9-14)18(23)21-22-19(24)17-11-10-15(27-17)12-28(25,26)16-4-2-1-3-5-16/h1-11H,12H2,(H,21,23)(H,22,24). The summed E-state index contributed by atoms with van der Waals surface area (Å²) in [6, 6.07) is 16.8. The van der Waals surface area contributed by atoms with Crippen LogP contribution in [-0.4, -0.2) is 20.2 Å². The van der Waals surface area contributed by atoms with Crippen LogP contribution in [0.2, 0.25) is 5.02 Å². The van der Waals surface area contributed by atoms with Gasteiger partial charge in [-0.1, -0.05) is 29.8 Å². The monoisotopic (exact) mass is 418 g/mol. The van der Waals surface area contributed by atoms with Gasteiger partial charge in [-0.25, -0.2) is 8.42 Å². The van der Waals surface area contributed by atoms with Gasteiger partial charge in [0.2, 0.25) is 0 Å². The Hall–Kier alpha value is -3.10. The molecule has 1 aromatic heterocycles. The Kier molecular flexibility index (Phi) is 5.81. The van der Waals surface area contributed by atoms with E-state index in [0.717, 1.165) is 0 Å². The van der Waals surface area contributed by atoms with E-state index in [2.05, 4.69) is 10.9 Å². The van der Waals surface area contributed by atoms with Crippen molar-refractivity contribution >= 4 is 33.3 Å². The second-order valence-electron chi connectivity index (χ2n) is 5.75. The summed E-state index contributed by atoms with van der Waals surface area (Å²) in [4.78, 5) is 24.2. The van der Waals surface area contributed by atoms with Gasteiger partial charge >= 0.3 is 5.91 Å². The average molecular weight is 419 g/mol. The molecule has 7 nitrogen and oxygen atoms in total. The van der Waals surface area contributed by atoms with Crippen LogP contribution >= 0.6 is 11.6 Å². The first-order chi connectivity index (χ1) is 13.3. The van der Waals surface area contributed by atoms with Gasteiger partial charge in [0.25, 0.3) is 5.91 Å². The molecule has 0 radical (unpaired) electrons. The summed E-state index contributed by atoms with van der Waals surface area (Å²) in [5.74, 6) is -1.66. The van der Waals surface area contributed by atoms with Crippen molar-refractivity contribution in [3.8, 4) is 0 Å². The van der Waals surface area contributed by atoms with Crippen LogP contribution in [0.4, 0.5) is 0 Å². The fourth-order valence-electron chi connectivity index (χ4n) is 2.32. The van der Waals surface area contributed by atoms with Crippen molar-refractivity contribution in [2.45, 2.75) is 10.6 Å². The maximum atomic E-state index is 12.3. The second-order valence-corrected chi connectivity index (χ2v) is 8.18. The number of rotatable bonds is 5. The average Bonchev–Trinajstić information content (AvgIpc) is 3.15. The molecule has 0 spiro atoms. The first-order valence-electron chi connectivity index (χ1n) is 8.08. The first-order valence-corrected chi connectivity index (χ1v) is 10.1. The first kappa shape index (κ1) is 19.7. The highest BCUT2D eigenvalue weighted by atomic mass is 35.5. The molecule has 0 bridgehead atoms. The predicted molar refractivity (Wildman–Crippen MR) is 102 cm³/mol. The number of hydrazine groups is 1. The van der Waals surface area contributed by atoms with Crippen molar-refractivity contribution < 1.29 is 22.4 Å². The van der Waals surface area contributed by atoms with Crippen molar-refractivity contribution in [1.29, 1.82) is 0 Å². The van der Waals surface area contributed by atoms with E-state index in [1.54, 1.807) is 30.3 Å². The van der Waals surface area contributed by atoms with Crippen molar-refractivity contribution in [3.63, 3.8) is 0 Å². The Balaban J connectivity index is 1.61. The number of carbonyl (C=O) groups excluding carboxylic acids is 2. The Morgan fingerprint density at radius 1 is 0.857 bits per heavy atom. The van der Waals surface area contributed by atoms with Crippen molar-refractivity contribution in [2.75, 3.05) is 0 Å². The Bertz CT molecular complexity index is 1090. The lowest BCUT2D eigenvalue weighted by atomic mass is 10.2. The van der Waals surface area contributed by atoms with E-state index in [1.807, 2.05) is 0 Å². The van der Waals surface area contributed by atoms with E-state index < -0.39 is 21.7 Å². The molecule has 0 aliphatic heterocycles. The molecule has 0 aliphatic carbocycles. The van der Waals surface area contributed by atoms with Crippen LogP contribution in [0.3, 0.4) is 0 Å². The molecule has 1 heterocycles. The Labute approximate surface area is 166 Å². The summed E-state index contributed by atoms with van der Waals surface area (Å²) in [7, 11) is -3.60. The summed E-state index contributed by atoms with van der Waals surface area (Å²) in [6.45, 7) is 0. The SMILES string of the molecule is O=C(NNC(=O)c1ccc(CS(=O)(=O)c2ccccc2)o1)c1ccc(Cl)cc1. The lowest BCUT2D eigenvalue weighted by molar-refractivity contribution is 0.0830. The molecule has 0 unspecified atom stereocenters. The number of hydrogen-bond acceptors (Lipinski definition) is 5. The number of benzene rings is 2. The number of amides is 2. The fourth-order valence-corrected chi connectivity index (χ4v) is 3.72. The van der Waals surface area contributed by atoms with E-state index in [-0.39, 0.29) is 22.2 Å². The van der Waals surface area contributed by atoms with Crippen LogP contribution in [0.25, 0.3) is 0 Å².